The second-order valence-corrected chi connectivity index (χ2v) is 4.39. The summed E-state index contributed by atoms with van der Waals surface area (Å²) in [6.07, 6.45) is 6.22. The van der Waals surface area contributed by atoms with Crippen LogP contribution in [0, 0.1) is 0 Å². The van der Waals surface area contributed by atoms with Crippen LogP contribution in [0.3, 0.4) is 0 Å². The second kappa shape index (κ2) is 6.77. The third kappa shape index (κ3) is 4.60. The van der Waals surface area contributed by atoms with E-state index in [0.717, 1.165) is 25.9 Å². The molecule has 1 rings (SSSR count). The van der Waals surface area contributed by atoms with E-state index in [1.165, 1.54) is 19.3 Å². The van der Waals surface area contributed by atoms with Gasteiger partial charge in [0, 0.05) is 19.5 Å². The van der Waals surface area contributed by atoms with Crippen molar-refractivity contribution in [3.8, 4) is 0 Å². The Hall–Kier alpha value is -0.640. The first-order valence-corrected chi connectivity index (χ1v) is 6.23. The standard InChI is InChI=1S/C11H20N2OS/c1-2-3-7-10(14)12-11(15)13-8-5-4-6-9-13/h2-9H2,1H3,(H,12,14,15). The Morgan fingerprint density at radius 2 is 2.00 bits per heavy atom. The predicted molar refractivity (Wildman–Crippen MR) is 65.7 cm³/mol. The molecule has 0 atom stereocenters. The van der Waals surface area contributed by atoms with Gasteiger partial charge in [-0.1, -0.05) is 13.3 Å². The summed E-state index contributed by atoms with van der Waals surface area (Å²) in [6.45, 7) is 4.07. The summed E-state index contributed by atoms with van der Waals surface area (Å²) in [5.41, 5.74) is 0. The highest BCUT2D eigenvalue weighted by atomic mass is 32.1. The number of hydrogen-bond acceptors (Lipinski definition) is 2. The highest BCUT2D eigenvalue weighted by molar-refractivity contribution is 7.80. The molecule has 0 saturated carbocycles. The average molecular weight is 228 g/mol. The van der Waals surface area contributed by atoms with Crippen LogP contribution in [0.1, 0.15) is 45.4 Å². The summed E-state index contributed by atoms with van der Waals surface area (Å²) in [6, 6.07) is 0. The second-order valence-electron chi connectivity index (χ2n) is 4.00. The van der Waals surface area contributed by atoms with Crippen LogP contribution in [-0.4, -0.2) is 29.0 Å². The summed E-state index contributed by atoms with van der Waals surface area (Å²) >= 11 is 5.19. The summed E-state index contributed by atoms with van der Waals surface area (Å²) in [5.74, 6) is 0.0624. The molecule has 15 heavy (non-hydrogen) atoms. The van der Waals surface area contributed by atoms with Gasteiger partial charge in [-0.3, -0.25) is 4.79 Å². The van der Waals surface area contributed by atoms with Crippen molar-refractivity contribution < 1.29 is 4.79 Å². The fraction of sp³-hybridized carbons (Fsp3) is 0.818. The first-order chi connectivity index (χ1) is 7.24. The molecule has 1 N–H and O–H groups in total. The van der Waals surface area contributed by atoms with Gasteiger partial charge in [-0.2, -0.15) is 0 Å². The summed E-state index contributed by atoms with van der Waals surface area (Å²) < 4.78 is 0. The topological polar surface area (TPSA) is 32.3 Å². The van der Waals surface area contributed by atoms with Gasteiger partial charge in [-0.25, -0.2) is 0 Å². The number of amides is 1. The van der Waals surface area contributed by atoms with Crippen LogP contribution >= 0.6 is 12.2 Å². The molecule has 0 aromatic carbocycles. The minimum Gasteiger partial charge on any atom is -0.349 e. The van der Waals surface area contributed by atoms with Crippen molar-refractivity contribution in [1.82, 2.24) is 10.2 Å². The molecule has 1 fully saturated rings. The molecule has 0 radical (unpaired) electrons. The van der Waals surface area contributed by atoms with Crippen LogP contribution < -0.4 is 5.32 Å². The molecule has 1 heterocycles. The van der Waals surface area contributed by atoms with Crippen LogP contribution in [0.15, 0.2) is 0 Å². The van der Waals surface area contributed by atoms with E-state index in [1.54, 1.807) is 0 Å². The van der Waals surface area contributed by atoms with Gasteiger partial charge < -0.3 is 10.2 Å². The molecule has 4 heteroatoms. The normalized spacial score (nSPS) is 16.2. The smallest absolute Gasteiger partial charge is 0.226 e. The van der Waals surface area contributed by atoms with E-state index < -0.39 is 0 Å². The number of unbranched alkanes of at least 4 members (excludes halogenated alkanes) is 1. The number of nitrogens with zero attached hydrogens (tertiary/aromatic N) is 1. The number of thiocarbonyl (C=S) groups is 1. The third-order valence-corrected chi connectivity index (χ3v) is 3.01. The zero-order valence-corrected chi connectivity index (χ0v) is 10.2. The van der Waals surface area contributed by atoms with E-state index in [2.05, 4.69) is 17.1 Å². The Kier molecular flexibility index (Phi) is 5.61. The van der Waals surface area contributed by atoms with Crippen LogP contribution in [0.25, 0.3) is 0 Å². The van der Waals surface area contributed by atoms with Crippen LogP contribution in [0.4, 0.5) is 0 Å². The number of carbonyl (C=O) groups excluding carboxylic acids is 1. The highest BCUT2D eigenvalue weighted by Gasteiger charge is 2.14. The Bertz CT molecular complexity index is 225. The van der Waals surface area contributed by atoms with Crippen molar-refractivity contribution in [2.45, 2.75) is 45.4 Å². The zero-order chi connectivity index (χ0) is 11.1. The van der Waals surface area contributed by atoms with Gasteiger partial charge in [0.15, 0.2) is 5.11 Å². The third-order valence-electron chi connectivity index (χ3n) is 2.65. The van der Waals surface area contributed by atoms with Crippen LogP contribution in [-0.2, 0) is 4.79 Å². The molecule has 1 aliphatic heterocycles. The maximum absolute atomic E-state index is 11.4. The summed E-state index contributed by atoms with van der Waals surface area (Å²) in [4.78, 5) is 13.5. The predicted octanol–water partition coefficient (Wildman–Crippen LogP) is 2.06. The van der Waals surface area contributed by atoms with Crippen molar-refractivity contribution in [2.75, 3.05) is 13.1 Å². The fourth-order valence-corrected chi connectivity index (χ4v) is 1.99. The number of piperidine rings is 1. The van der Waals surface area contributed by atoms with E-state index in [-0.39, 0.29) is 5.91 Å². The van der Waals surface area contributed by atoms with Crippen molar-refractivity contribution >= 4 is 23.2 Å². The largest absolute Gasteiger partial charge is 0.349 e. The minimum absolute atomic E-state index is 0.0624. The van der Waals surface area contributed by atoms with Crippen molar-refractivity contribution in [1.29, 1.82) is 0 Å². The molecular formula is C11H20N2OS. The molecule has 0 spiro atoms. The van der Waals surface area contributed by atoms with E-state index >= 15 is 0 Å². The molecule has 1 amide bonds. The molecule has 3 nitrogen and oxygen atoms in total. The van der Waals surface area contributed by atoms with Gasteiger partial charge in [0.2, 0.25) is 5.91 Å². The Morgan fingerprint density at radius 3 is 2.60 bits per heavy atom. The van der Waals surface area contributed by atoms with Gasteiger partial charge in [0.1, 0.15) is 0 Å². The minimum atomic E-state index is 0.0624. The van der Waals surface area contributed by atoms with Gasteiger partial charge in [-0.05, 0) is 37.9 Å². The number of rotatable bonds is 3. The molecule has 0 unspecified atom stereocenters. The van der Waals surface area contributed by atoms with Gasteiger partial charge >= 0.3 is 0 Å². The highest BCUT2D eigenvalue weighted by Crippen LogP contribution is 2.08. The SMILES string of the molecule is CCCCC(=O)NC(=S)N1CCCCC1. The molecule has 1 saturated heterocycles. The van der Waals surface area contributed by atoms with E-state index in [4.69, 9.17) is 12.2 Å². The van der Waals surface area contributed by atoms with Crippen molar-refractivity contribution in [3.05, 3.63) is 0 Å². The van der Waals surface area contributed by atoms with E-state index in [0.29, 0.717) is 11.5 Å². The first-order valence-electron chi connectivity index (χ1n) is 5.82. The first kappa shape index (κ1) is 12.4. The van der Waals surface area contributed by atoms with E-state index in [9.17, 15) is 4.79 Å². The Labute approximate surface area is 97.2 Å². The van der Waals surface area contributed by atoms with Crippen LogP contribution in [0.2, 0.25) is 0 Å². The molecule has 0 aromatic rings. The molecular weight excluding hydrogens is 208 g/mol. The number of likely N-dealkylation sites (tertiary alicyclic amines) is 1. The quantitative estimate of drug-likeness (QED) is 0.751. The molecule has 0 bridgehead atoms. The molecule has 0 aliphatic carbocycles. The summed E-state index contributed by atoms with van der Waals surface area (Å²) in [7, 11) is 0. The number of carbonyl (C=O) groups is 1. The Balaban J connectivity index is 2.24. The van der Waals surface area contributed by atoms with Crippen molar-refractivity contribution in [2.24, 2.45) is 0 Å². The maximum Gasteiger partial charge on any atom is 0.226 e. The van der Waals surface area contributed by atoms with Crippen LogP contribution in [0.5, 0.6) is 0 Å². The Morgan fingerprint density at radius 1 is 1.33 bits per heavy atom. The monoisotopic (exact) mass is 228 g/mol. The lowest BCUT2D eigenvalue weighted by atomic mass is 10.1. The molecule has 1 aliphatic rings. The number of nitrogens with one attached hydrogen (secondary N) is 1. The van der Waals surface area contributed by atoms with Gasteiger partial charge in [0.25, 0.3) is 0 Å². The molecule has 86 valence electrons. The lowest BCUT2D eigenvalue weighted by molar-refractivity contribution is -0.119. The lowest BCUT2D eigenvalue weighted by Crippen LogP contribution is -2.44. The maximum atomic E-state index is 11.4. The fourth-order valence-electron chi connectivity index (χ4n) is 1.70. The van der Waals surface area contributed by atoms with Crippen molar-refractivity contribution in [3.63, 3.8) is 0 Å². The van der Waals surface area contributed by atoms with Gasteiger partial charge in [0.05, 0.1) is 0 Å². The lowest BCUT2D eigenvalue weighted by Gasteiger charge is -2.28. The molecule has 0 aromatic heterocycles. The van der Waals surface area contributed by atoms with Gasteiger partial charge in [-0.15, -0.1) is 0 Å². The van der Waals surface area contributed by atoms with E-state index in [1.807, 2.05) is 0 Å². The zero-order valence-electron chi connectivity index (χ0n) is 9.42. The number of hydrogen-bond donors (Lipinski definition) is 1. The summed E-state index contributed by atoms with van der Waals surface area (Å²) in [5, 5.41) is 3.42. The average Bonchev–Trinajstić information content (AvgIpc) is 2.27.